The molecule has 0 aliphatic heterocycles. The second-order valence-electron chi connectivity index (χ2n) is 3.66. The molecule has 2 heterocycles. The van der Waals surface area contributed by atoms with Gasteiger partial charge >= 0.3 is 5.97 Å². The Morgan fingerprint density at radius 3 is 2.94 bits per heavy atom. The summed E-state index contributed by atoms with van der Waals surface area (Å²) in [6.07, 6.45) is 2.49. The molecule has 90 valence electrons. The molecule has 0 aliphatic rings. The molecule has 0 radical (unpaired) electrons. The van der Waals surface area contributed by atoms with Gasteiger partial charge in [0.05, 0.1) is 15.9 Å². The Kier molecular flexibility index (Phi) is 3.63. The highest BCUT2D eigenvalue weighted by atomic mass is 79.9. The Morgan fingerprint density at radius 2 is 2.35 bits per heavy atom. The van der Waals surface area contributed by atoms with Gasteiger partial charge in [0.2, 0.25) is 0 Å². The van der Waals surface area contributed by atoms with Crippen LogP contribution in [-0.2, 0) is 18.3 Å². The number of hydrogen-bond acceptors (Lipinski definition) is 3. The van der Waals surface area contributed by atoms with Gasteiger partial charge in [-0.3, -0.25) is 9.48 Å². The maximum atomic E-state index is 10.6. The third-order valence-electron chi connectivity index (χ3n) is 2.32. The van der Waals surface area contributed by atoms with Crippen LogP contribution in [0.1, 0.15) is 12.1 Å². The standard InChI is InChI=1S/C11H11BrN2O2S/c1-14-6-7(9-3-4-10(12)17-9)8(13-14)2-5-11(15)16/h3-4,6H,2,5H2,1H3,(H,15,16). The molecule has 2 rings (SSSR count). The van der Waals surface area contributed by atoms with E-state index in [0.29, 0.717) is 6.42 Å². The highest BCUT2D eigenvalue weighted by Gasteiger charge is 2.12. The molecule has 0 atom stereocenters. The van der Waals surface area contributed by atoms with Gasteiger partial charge in [0.1, 0.15) is 0 Å². The van der Waals surface area contributed by atoms with Crippen molar-refractivity contribution in [2.45, 2.75) is 12.8 Å². The number of nitrogens with zero attached hydrogens (tertiary/aromatic N) is 2. The average Bonchev–Trinajstić information content (AvgIpc) is 2.81. The predicted molar refractivity (Wildman–Crippen MR) is 70.2 cm³/mol. The number of aliphatic carboxylic acids is 1. The van der Waals surface area contributed by atoms with Crippen LogP contribution < -0.4 is 0 Å². The number of carbonyl (C=O) groups is 1. The number of carboxylic acid groups (broad SMARTS) is 1. The van der Waals surface area contributed by atoms with Crippen molar-refractivity contribution in [2.24, 2.45) is 7.05 Å². The summed E-state index contributed by atoms with van der Waals surface area (Å²) in [5.41, 5.74) is 1.86. The van der Waals surface area contributed by atoms with Crippen molar-refractivity contribution in [1.82, 2.24) is 9.78 Å². The monoisotopic (exact) mass is 314 g/mol. The maximum Gasteiger partial charge on any atom is 0.303 e. The highest BCUT2D eigenvalue weighted by Crippen LogP contribution is 2.33. The third-order valence-corrected chi connectivity index (χ3v) is 3.98. The van der Waals surface area contributed by atoms with Crippen LogP contribution >= 0.6 is 27.3 Å². The zero-order chi connectivity index (χ0) is 12.4. The molecule has 6 heteroatoms. The van der Waals surface area contributed by atoms with Gasteiger partial charge in [-0.25, -0.2) is 0 Å². The van der Waals surface area contributed by atoms with Gasteiger partial charge in [-0.1, -0.05) is 0 Å². The smallest absolute Gasteiger partial charge is 0.303 e. The van der Waals surface area contributed by atoms with E-state index >= 15 is 0 Å². The molecule has 0 aromatic carbocycles. The molecule has 0 saturated carbocycles. The molecule has 0 unspecified atom stereocenters. The largest absolute Gasteiger partial charge is 0.481 e. The van der Waals surface area contributed by atoms with E-state index in [1.54, 1.807) is 16.0 Å². The quantitative estimate of drug-likeness (QED) is 0.944. The van der Waals surface area contributed by atoms with E-state index in [2.05, 4.69) is 21.0 Å². The Hall–Kier alpha value is -1.14. The van der Waals surface area contributed by atoms with Gasteiger partial charge in [-0.2, -0.15) is 5.10 Å². The highest BCUT2D eigenvalue weighted by molar-refractivity contribution is 9.11. The molecule has 0 spiro atoms. The lowest BCUT2D eigenvalue weighted by Gasteiger charge is -1.97. The fourth-order valence-corrected chi connectivity index (χ4v) is 3.03. The molecule has 17 heavy (non-hydrogen) atoms. The molecule has 2 aromatic rings. The van der Waals surface area contributed by atoms with Crippen molar-refractivity contribution in [2.75, 3.05) is 0 Å². The Morgan fingerprint density at radius 1 is 1.59 bits per heavy atom. The van der Waals surface area contributed by atoms with Crippen LogP contribution in [0.15, 0.2) is 22.1 Å². The number of thiophene rings is 1. The number of carboxylic acids is 1. The first-order chi connectivity index (χ1) is 8.06. The van der Waals surface area contributed by atoms with Crippen molar-refractivity contribution in [3.05, 3.63) is 27.8 Å². The van der Waals surface area contributed by atoms with Crippen molar-refractivity contribution in [3.8, 4) is 10.4 Å². The Labute approximate surface area is 111 Å². The molecule has 0 amide bonds. The van der Waals surface area contributed by atoms with E-state index < -0.39 is 5.97 Å². The summed E-state index contributed by atoms with van der Waals surface area (Å²) in [4.78, 5) is 11.7. The molecule has 4 nitrogen and oxygen atoms in total. The van der Waals surface area contributed by atoms with Crippen LogP contribution in [0.3, 0.4) is 0 Å². The van der Waals surface area contributed by atoms with Crippen LogP contribution in [-0.4, -0.2) is 20.9 Å². The first kappa shape index (κ1) is 12.3. The average molecular weight is 315 g/mol. The zero-order valence-corrected chi connectivity index (χ0v) is 11.6. The summed E-state index contributed by atoms with van der Waals surface area (Å²) >= 11 is 5.04. The maximum absolute atomic E-state index is 10.6. The summed E-state index contributed by atoms with van der Waals surface area (Å²) in [5.74, 6) is -0.797. The number of hydrogen-bond donors (Lipinski definition) is 1. The SMILES string of the molecule is Cn1cc(-c2ccc(Br)s2)c(CCC(=O)O)n1. The second kappa shape index (κ2) is 5.01. The van der Waals surface area contributed by atoms with Gasteiger partial charge in [0.25, 0.3) is 0 Å². The molecule has 0 bridgehead atoms. The third kappa shape index (κ3) is 2.95. The first-order valence-corrected chi connectivity index (χ1v) is 6.67. The van der Waals surface area contributed by atoms with Crippen molar-refractivity contribution in [3.63, 3.8) is 0 Å². The van der Waals surface area contributed by atoms with Crippen LogP contribution in [0.5, 0.6) is 0 Å². The van der Waals surface area contributed by atoms with Crippen LogP contribution in [0.25, 0.3) is 10.4 Å². The number of aryl methyl sites for hydroxylation is 2. The summed E-state index contributed by atoms with van der Waals surface area (Å²) in [6.45, 7) is 0. The van der Waals surface area contributed by atoms with Crippen molar-refractivity contribution in [1.29, 1.82) is 0 Å². The van der Waals surface area contributed by atoms with Crippen LogP contribution in [0.4, 0.5) is 0 Å². The van der Waals surface area contributed by atoms with E-state index in [1.165, 1.54) is 0 Å². The molecular formula is C11H11BrN2O2S. The van der Waals surface area contributed by atoms with Gasteiger partial charge < -0.3 is 5.11 Å². The fraction of sp³-hybridized carbons (Fsp3) is 0.273. The van der Waals surface area contributed by atoms with Gasteiger partial charge in [-0.05, 0) is 28.1 Å². The van der Waals surface area contributed by atoms with Crippen molar-refractivity contribution < 1.29 is 9.90 Å². The number of rotatable bonds is 4. The van der Waals surface area contributed by atoms with Gasteiger partial charge in [0.15, 0.2) is 0 Å². The summed E-state index contributed by atoms with van der Waals surface area (Å²) in [5, 5.41) is 13.0. The van der Waals surface area contributed by atoms with E-state index in [9.17, 15) is 4.79 Å². The fourth-order valence-electron chi connectivity index (χ4n) is 1.61. The molecule has 0 aliphatic carbocycles. The first-order valence-electron chi connectivity index (χ1n) is 5.06. The summed E-state index contributed by atoms with van der Waals surface area (Å²) in [7, 11) is 1.84. The lowest BCUT2D eigenvalue weighted by atomic mass is 10.1. The lowest BCUT2D eigenvalue weighted by molar-refractivity contribution is -0.136. The van der Waals surface area contributed by atoms with Gasteiger partial charge in [-0.15, -0.1) is 11.3 Å². The molecule has 1 N–H and O–H groups in total. The van der Waals surface area contributed by atoms with E-state index in [4.69, 9.17) is 5.11 Å². The second-order valence-corrected chi connectivity index (χ2v) is 6.12. The normalized spacial score (nSPS) is 10.7. The minimum Gasteiger partial charge on any atom is -0.481 e. The Bertz CT molecular complexity index is 547. The molecular weight excluding hydrogens is 304 g/mol. The van der Waals surface area contributed by atoms with E-state index in [1.807, 2.05) is 25.4 Å². The van der Waals surface area contributed by atoms with Crippen molar-refractivity contribution >= 4 is 33.2 Å². The van der Waals surface area contributed by atoms with Crippen LogP contribution in [0, 0.1) is 0 Å². The topological polar surface area (TPSA) is 55.1 Å². The molecule has 0 saturated heterocycles. The zero-order valence-electron chi connectivity index (χ0n) is 9.18. The number of aromatic nitrogens is 2. The molecule has 0 fully saturated rings. The summed E-state index contributed by atoms with van der Waals surface area (Å²) < 4.78 is 2.78. The summed E-state index contributed by atoms with van der Waals surface area (Å²) in [6, 6.07) is 3.99. The minimum absolute atomic E-state index is 0.108. The number of halogens is 1. The minimum atomic E-state index is -0.797. The van der Waals surface area contributed by atoms with E-state index in [0.717, 1.165) is 19.9 Å². The molecule has 2 aromatic heterocycles. The van der Waals surface area contributed by atoms with Gasteiger partial charge in [0, 0.05) is 30.1 Å². The van der Waals surface area contributed by atoms with Crippen LogP contribution in [0.2, 0.25) is 0 Å². The predicted octanol–water partition coefficient (Wildman–Crippen LogP) is 2.93. The lowest BCUT2D eigenvalue weighted by Crippen LogP contribution is -1.99. The Balaban J connectivity index is 2.30. The van der Waals surface area contributed by atoms with E-state index in [-0.39, 0.29) is 6.42 Å².